The van der Waals surface area contributed by atoms with Crippen LogP contribution in [0.5, 0.6) is 0 Å². The lowest BCUT2D eigenvalue weighted by molar-refractivity contribution is 0.368. The number of hydrogen-bond donors (Lipinski definition) is 0. The Morgan fingerprint density at radius 3 is 1.27 bits per heavy atom. The molecule has 0 aliphatic rings. The molecule has 0 saturated carbocycles. The maximum Gasteiger partial charge on any atom is 0.673 e. The van der Waals surface area contributed by atoms with Gasteiger partial charge in [0, 0.05) is 5.56 Å². The van der Waals surface area contributed by atoms with E-state index in [4.69, 9.17) is 0 Å². The Labute approximate surface area is 151 Å². The second-order valence-electron chi connectivity index (χ2n) is 5.43. The molecule has 0 aromatic heterocycles. The third-order valence-electron chi connectivity index (χ3n) is 3.46. The highest BCUT2D eigenvalue weighted by Gasteiger charge is 2.34. The monoisotopic (exact) mass is 380 g/mol. The maximum absolute atomic E-state index is 13.8. The summed E-state index contributed by atoms with van der Waals surface area (Å²) >= 11 is 0. The number of benzene rings is 3. The van der Waals surface area contributed by atoms with Crippen LogP contribution in [0, 0.1) is 0 Å². The van der Waals surface area contributed by atoms with Gasteiger partial charge in [0.05, 0.1) is 0 Å². The lowest BCUT2D eigenvalue weighted by Crippen LogP contribution is -2.15. The zero-order valence-corrected chi connectivity index (χ0v) is 14.6. The van der Waals surface area contributed by atoms with Crippen LogP contribution in [0.4, 0.5) is 17.3 Å². The summed E-state index contributed by atoms with van der Waals surface area (Å²) < 4.78 is 52.8. The summed E-state index contributed by atoms with van der Waals surface area (Å²) in [7, 11) is -8.30. The lowest BCUT2D eigenvalue weighted by Gasteiger charge is -2.12. The first-order valence-electron chi connectivity index (χ1n) is 7.82. The minimum atomic E-state index is -6.00. The van der Waals surface area contributed by atoms with E-state index in [1.54, 1.807) is 0 Å². The third-order valence-corrected chi connectivity index (χ3v) is 6.27. The van der Waals surface area contributed by atoms with E-state index < -0.39 is 17.2 Å². The Hall–Kier alpha value is -2.41. The predicted molar refractivity (Wildman–Crippen MR) is 97.8 cm³/mol. The molecule has 3 aromatic carbocycles. The summed E-state index contributed by atoms with van der Waals surface area (Å²) in [5.41, 5.74) is 1.09. The van der Waals surface area contributed by atoms with Crippen molar-refractivity contribution in [3.8, 4) is 0 Å². The van der Waals surface area contributed by atoms with E-state index in [2.05, 4.69) is 0 Å². The second-order valence-corrected chi connectivity index (χ2v) is 8.01. The first-order chi connectivity index (χ1) is 12.3. The van der Waals surface area contributed by atoms with E-state index in [1.165, 1.54) is 0 Å². The highest BCUT2D eigenvalue weighted by molar-refractivity contribution is 8.02. The molecule has 3 aromatic rings. The molecule has 3 rings (SSSR count). The first-order valence-corrected chi connectivity index (χ1v) is 9.55. The van der Waals surface area contributed by atoms with E-state index in [-0.39, 0.29) is 0 Å². The zero-order chi connectivity index (χ0) is 19.0. The van der Waals surface area contributed by atoms with Gasteiger partial charge in [0.2, 0.25) is 0 Å². The van der Waals surface area contributed by atoms with Gasteiger partial charge in [-0.05, 0) is 24.3 Å². The molecule has 136 valence electrons. The van der Waals surface area contributed by atoms with Crippen LogP contribution in [0.15, 0.2) is 101 Å². The van der Waals surface area contributed by atoms with Crippen LogP contribution in [-0.4, -0.2) is 7.25 Å². The molecule has 0 aliphatic heterocycles. The average molecular weight is 380 g/mol. The van der Waals surface area contributed by atoms with Gasteiger partial charge in [-0.3, -0.25) is 0 Å². The fourth-order valence-corrected chi connectivity index (χ4v) is 4.85. The summed E-state index contributed by atoms with van der Waals surface area (Å²) in [6.07, 6.45) is 0. The first kappa shape index (κ1) is 19.9. The van der Waals surface area contributed by atoms with Gasteiger partial charge in [-0.15, -0.1) is 0 Å². The summed E-state index contributed by atoms with van der Waals surface area (Å²) in [4.78, 5) is 1.78. The van der Waals surface area contributed by atoms with Crippen molar-refractivity contribution in [2.45, 2.75) is 15.5 Å². The van der Waals surface area contributed by atoms with Gasteiger partial charge >= 0.3 is 7.25 Å². The number of rotatable bonds is 4. The molecule has 0 unspecified atom stereocenters. The van der Waals surface area contributed by atoms with E-state index in [0.29, 0.717) is 5.75 Å². The molecule has 0 N–H and O–H groups in total. The van der Waals surface area contributed by atoms with Crippen molar-refractivity contribution in [1.29, 1.82) is 0 Å². The van der Waals surface area contributed by atoms with Crippen molar-refractivity contribution < 1.29 is 21.5 Å². The van der Waals surface area contributed by atoms with Crippen LogP contribution in [0.1, 0.15) is 5.56 Å². The molecule has 0 aliphatic carbocycles. The highest BCUT2D eigenvalue weighted by atomic mass is 32.2. The van der Waals surface area contributed by atoms with E-state index in [9.17, 15) is 21.5 Å². The Balaban J connectivity index is 0.000000431. The maximum atomic E-state index is 13.8. The molecule has 0 spiro atoms. The molecule has 0 saturated heterocycles. The van der Waals surface area contributed by atoms with Gasteiger partial charge in [0.15, 0.2) is 19.7 Å². The van der Waals surface area contributed by atoms with Gasteiger partial charge in [-0.25, -0.2) is 0 Å². The fourth-order valence-electron chi connectivity index (χ4n) is 2.39. The Bertz CT molecular complexity index is 790. The predicted octanol–water partition coefficient (Wildman–Crippen LogP) is 6.10. The van der Waals surface area contributed by atoms with Gasteiger partial charge in [0.1, 0.15) is 5.75 Å². The summed E-state index contributed by atoms with van der Waals surface area (Å²) in [5.74, 6) is 0.530. The summed E-state index contributed by atoms with van der Waals surface area (Å²) in [6.45, 7) is 0. The SMILES string of the molecule is F[B-](F)(F)F.O=[S+](Cc1ccccc1)(c1ccccc1)c1ccccc1. The van der Waals surface area contributed by atoms with Crippen molar-refractivity contribution in [3.05, 3.63) is 96.6 Å². The number of halogens is 4. The quantitative estimate of drug-likeness (QED) is 0.304. The van der Waals surface area contributed by atoms with Gasteiger partial charge in [-0.2, -0.15) is 0 Å². The molecule has 0 fully saturated rings. The number of hydrogen-bond acceptors (Lipinski definition) is 1. The fraction of sp³-hybridized carbons (Fsp3) is 0.0526. The molecule has 0 bridgehead atoms. The molecular formula is C19H17BF4OS. The minimum Gasteiger partial charge on any atom is -0.418 e. The van der Waals surface area contributed by atoms with Gasteiger partial charge < -0.3 is 17.3 Å². The Morgan fingerprint density at radius 1 is 0.615 bits per heavy atom. The van der Waals surface area contributed by atoms with E-state index in [1.807, 2.05) is 91.0 Å². The van der Waals surface area contributed by atoms with Crippen molar-refractivity contribution in [2.24, 2.45) is 0 Å². The van der Waals surface area contributed by atoms with Crippen LogP contribution in [0.3, 0.4) is 0 Å². The van der Waals surface area contributed by atoms with Crippen LogP contribution < -0.4 is 0 Å². The molecule has 26 heavy (non-hydrogen) atoms. The molecular weight excluding hydrogens is 363 g/mol. The van der Waals surface area contributed by atoms with E-state index in [0.717, 1.165) is 15.4 Å². The Morgan fingerprint density at radius 2 is 0.923 bits per heavy atom. The van der Waals surface area contributed by atoms with Crippen molar-refractivity contribution in [1.82, 2.24) is 0 Å². The van der Waals surface area contributed by atoms with Crippen LogP contribution >= 0.6 is 0 Å². The minimum absolute atomic E-state index is 0.530. The smallest absolute Gasteiger partial charge is 0.418 e. The summed E-state index contributed by atoms with van der Waals surface area (Å²) in [6, 6.07) is 29.6. The topological polar surface area (TPSA) is 17.1 Å². The van der Waals surface area contributed by atoms with Gasteiger partial charge in [-0.1, -0.05) is 70.9 Å². The largest absolute Gasteiger partial charge is 0.673 e. The average Bonchev–Trinajstić information content (AvgIpc) is 2.63. The summed E-state index contributed by atoms with van der Waals surface area (Å²) in [5, 5.41) is 0. The molecule has 0 atom stereocenters. The zero-order valence-electron chi connectivity index (χ0n) is 13.8. The molecule has 7 heteroatoms. The molecule has 0 heterocycles. The van der Waals surface area contributed by atoms with Gasteiger partial charge in [0.25, 0.3) is 0 Å². The molecule has 1 nitrogen and oxygen atoms in total. The standard InChI is InChI=1S/C19H17OS.BF4/c20-21(18-12-6-2-7-13-18,19-14-8-3-9-15-19)16-17-10-4-1-5-11-17;2-1(3,4)5/h1-15H,16H2;/q+1;-1. The highest BCUT2D eigenvalue weighted by Crippen LogP contribution is 2.32. The lowest BCUT2D eigenvalue weighted by atomic mass is 10.2. The normalized spacial score (nSPS) is 11.4. The Kier molecular flexibility index (Phi) is 6.74. The van der Waals surface area contributed by atoms with Crippen LogP contribution in [-0.2, 0) is 19.9 Å². The molecule has 0 radical (unpaired) electrons. The van der Waals surface area contributed by atoms with Crippen molar-refractivity contribution in [2.75, 3.05) is 0 Å². The third kappa shape index (κ3) is 6.15. The van der Waals surface area contributed by atoms with Crippen LogP contribution in [0.2, 0.25) is 0 Å². The van der Waals surface area contributed by atoms with Crippen molar-refractivity contribution in [3.63, 3.8) is 0 Å². The van der Waals surface area contributed by atoms with E-state index >= 15 is 0 Å². The second kappa shape index (κ2) is 8.80. The van der Waals surface area contributed by atoms with Crippen LogP contribution in [0.25, 0.3) is 0 Å². The van der Waals surface area contributed by atoms with Crippen molar-refractivity contribution >= 4 is 17.2 Å². The molecule has 0 amide bonds.